The Kier molecular flexibility index (Phi) is 4.38. The van der Waals surface area contributed by atoms with Crippen LogP contribution in [0.25, 0.3) is 0 Å². The van der Waals surface area contributed by atoms with E-state index in [9.17, 15) is 9.59 Å². The minimum Gasteiger partial charge on any atom is -0.447 e. The Bertz CT molecular complexity index is 943. The molecule has 0 bridgehead atoms. The predicted molar refractivity (Wildman–Crippen MR) is 109 cm³/mol. The number of hydrogen-bond acceptors (Lipinski definition) is 3. The quantitative estimate of drug-likeness (QED) is 0.594. The molecule has 2 amide bonds. The summed E-state index contributed by atoms with van der Waals surface area (Å²) in [6.45, 7) is 5.29. The lowest BCUT2D eigenvalue weighted by Gasteiger charge is -2.56. The van der Waals surface area contributed by atoms with Crippen molar-refractivity contribution in [2.24, 2.45) is 5.92 Å². The number of β-lactam (4-membered cyclic amide) rings is 1. The van der Waals surface area contributed by atoms with Gasteiger partial charge in [-0.05, 0) is 24.0 Å². The van der Waals surface area contributed by atoms with Crippen LogP contribution in [-0.4, -0.2) is 47.0 Å². The van der Waals surface area contributed by atoms with Gasteiger partial charge in [-0.2, -0.15) is 0 Å². The number of ether oxygens (including phenoxy) is 1. The zero-order chi connectivity index (χ0) is 20.0. The molecule has 3 aliphatic rings. The standard InChI is InChI=1S/C24H24N2O3/c1-16-12-13-25-21(19(16)14-17-8-4-2-5-9-17)22(23(25)27)26-20(15-29-24(26)28)18-10-6-3-7-11-18/h2-11,19-22H,1,12-15H2/t19?,20-,21-,22?/m1/s1. The molecule has 0 saturated carbocycles. The Hall–Kier alpha value is -3.08. The van der Waals surface area contributed by atoms with Crippen LogP contribution < -0.4 is 0 Å². The van der Waals surface area contributed by atoms with E-state index in [4.69, 9.17) is 4.74 Å². The average molecular weight is 388 g/mol. The molecule has 3 aliphatic heterocycles. The maximum absolute atomic E-state index is 13.1. The van der Waals surface area contributed by atoms with E-state index in [2.05, 4.69) is 18.7 Å². The Balaban J connectivity index is 1.47. The SMILES string of the molecule is C=C1CCN2C(=O)C(N3C(=O)OC[C@@H]3c3ccccc3)[C@H]2C1Cc1ccccc1. The van der Waals surface area contributed by atoms with E-state index in [1.165, 1.54) is 5.56 Å². The lowest BCUT2D eigenvalue weighted by molar-refractivity contribution is -0.163. The summed E-state index contributed by atoms with van der Waals surface area (Å²) in [5.41, 5.74) is 3.39. The lowest BCUT2D eigenvalue weighted by atomic mass is 9.72. The van der Waals surface area contributed by atoms with E-state index in [1.807, 2.05) is 53.4 Å². The van der Waals surface area contributed by atoms with Crippen molar-refractivity contribution in [2.75, 3.05) is 13.2 Å². The molecule has 2 unspecified atom stereocenters. The summed E-state index contributed by atoms with van der Waals surface area (Å²) in [5, 5.41) is 0. The Morgan fingerprint density at radius 2 is 1.69 bits per heavy atom. The number of fused-ring (bicyclic) bond motifs is 1. The fourth-order valence-corrected chi connectivity index (χ4v) is 5.03. The van der Waals surface area contributed by atoms with Crippen LogP contribution in [0.4, 0.5) is 4.79 Å². The third-order valence-electron chi connectivity index (χ3n) is 6.52. The summed E-state index contributed by atoms with van der Waals surface area (Å²) in [7, 11) is 0. The van der Waals surface area contributed by atoms with Gasteiger partial charge in [-0.15, -0.1) is 0 Å². The molecule has 29 heavy (non-hydrogen) atoms. The van der Waals surface area contributed by atoms with E-state index in [0.29, 0.717) is 6.54 Å². The molecule has 5 heteroatoms. The number of rotatable bonds is 4. The van der Waals surface area contributed by atoms with Crippen LogP contribution in [0.2, 0.25) is 0 Å². The Morgan fingerprint density at radius 3 is 2.41 bits per heavy atom. The van der Waals surface area contributed by atoms with Gasteiger partial charge in [0, 0.05) is 12.5 Å². The van der Waals surface area contributed by atoms with Crippen LogP contribution in [0.3, 0.4) is 0 Å². The summed E-state index contributed by atoms with van der Waals surface area (Å²) >= 11 is 0. The van der Waals surface area contributed by atoms with Crippen molar-refractivity contribution in [3.05, 3.63) is 83.9 Å². The van der Waals surface area contributed by atoms with Crippen molar-refractivity contribution in [3.8, 4) is 0 Å². The summed E-state index contributed by atoms with van der Waals surface area (Å²) in [6.07, 6.45) is 1.24. The highest BCUT2D eigenvalue weighted by atomic mass is 16.6. The molecule has 148 valence electrons. The van der Waals surface area contributed by atoms with E-state index in [1.54, 1.807) is 4.90 Å². The number of carbonyl (C=O) groups is 2. The smallest absolute Gasteiger partial charge is 0.411 e. The maximum atomic E-state index is 13.1. The first-order chi connectivity index (χ1) is 14.1. The molecule has 0 aliphatic carbocycles. The van der Waals surface area contributed by atoms with Crippen LogP contribution in [0.1, 0.15) is 23.6 Å². The van der Waals surface area contributed by atoms with Crippen LogP contribution in [0.5, 0.6) is 0 Å². The van der Waals surface area contributed by atoms with Crippen LogP contribution in [0, 0.1) is 5.92 Å². The molecule has 3 saturated heterocycles. The number of nitrogens with zero attached hydrogens (tertiary/aromatic N) is 2. The minimum absolute atomic E-state index is 0.0281. The predicted octanol–water partition coefficient (Wildman–Crippen LogP) is 3.58. The summed E-state index contributed by atoms with van der Waals surface area (Å²) in [5.74, 6) is 0.166. The van der Waals surface area contributed by atoms with Crippen LogP contribution in [0.15, 0.2) is 72.8 Å². The molecular formula is C24H24N2O3. The highest BCUT2D eigenvalue weighted by molar-refractivity contribution is 5.93. The second-order valence-corrected chi connectivity index (χ2v) is 8.08. The average Bonchev–Trinajstić information content (AvgIpc) is 3.12. The molecule has 2 aromatic carbocycles. The third-order valence-corrected chi connectivity index (χ3v) is 6.52. The highest BCUT2D eigenvalue weighted by Gasteiger charge is 2.59. The molecule has 0 spiro atoms. The zero-order valence-corrected chi connectivity index (χ0v) is 16.2. The molecular weight excluding hydrogens is 364 g/mol. The van der Waals surface area contributed by atoms with Gasteiger partial charge < -0.3 is 9.64 Å². The normalized spacial score (nSPS) is 28.8. The number of piperidine rings is 1. The first-order valence-corrected chi connectivity index (χ1v) is 10.2. The van der Waals surface area contributed by atoms with Gasteiger partial charge in [-0.25, -0.2) is 4.79 Å². The fraction of sp³-hybridized carbons (Fsp3) is 0.333. The number of amides is 2. The number of hydrogen-bond donors (Lipinski definition) is 0. The molecule has 5 nitrogen and oxygen atoms in total. The highest BCUT2D eigenvalue weighted by Crippen LogP contribution is 2.44. The molecule has 4 atom stereocenters. The fourth-order valence-electron chi connectivity index (χ4n) is 5.03. The van der Waals surface area contributed by atoms with Gasteiger partial charge in [0.05, 0.1) is 12.1 Å². The first-order valence-electron chi connectivity index (χ1n) is 10.2. The van der Waals surface area contributed by atoms with E-state index < -0.39 is 12.1 Å². The van der Waals surface area contributed by atoms with Gasteiger partial charge in [0.15, 0.2) is 0 Å². The number of cyclic esters (lactones) is 1. The van der Waals surface area contributed by atoms with E-state index >= 15 is 0 Å². The van der Waals surface area contributed by atoms with Crippen LogP contribution in [-0.2, 0) is 16.0 Å². The Morgan fingerprint density at radius 1 is 1.00 bits per heavy atom. The monoisotopic (exact) mass is 388 g/mol. The van der Waals surface area contributed by atoms with Crippen molar-refractivity contribution >= 4 is 12.0 Å². The van der Waals surface area contributed by atoms with Gasteiger partial charge in [0.25, 0.3) is 0 Å². The largest absolute Gasteiger partial charge is 0.447 e. The topological polar surface area (TPSA) is 49.9 Å². The molecule has 3 fully saturated rings. The van der Waals surface area contributed by atoms with Gasteiger partial charge in [-0.1, -0.05) is 72.8 Å². The van der Waals surface area contributed by atoms with E-state index in [0.717, 1.165) is 24.0 Å². The summed E-state index contributed by atoms with van der Waals surface area (Å²) < 4.78 is 5.39. The molecule has 0 N–H and O–H groups in total. The third kappa shape index (κ3) is 2.92. The number of carbonyl (C=O) groups excluding carboxylic acids is 2. The van der Waals surface area contributed by atoms with Gasteiger partial charge in [-0.3, -0.25) is 9.69 Å². The molecule has 5 rings (SSSR count). The second-order valence-electron chi connectivity index (χ2n) is 8.08. The lowest BCUT2D eigenvalue weighted by Crippen LogP contribution is -2.74. The van der Waals surface area contributed by atoms with Gasteiger partial charge >= 0.3 is 6.09 Å². The van der Waals surface area contributed by atoms with E-state index in [-0.39, 0.29) is 30.5 Å². The first kappa shape index (κ1) is 18.0. The number of benzene rings is 2. The molecule has 3 heterocycles. The van der Waals surface area contributed by atoms with Crippen molar-refractivity contribution in [3.63, 3.8) is 0 Å². The van der Waals surface area contributed by atoms with Crippen molar-refractivity contribution in [2.45, 2.75) is 31.0 Å². The van der Waals surface area contributed by atoms with Crippen molar-refractivity contribution in [1.29, 1.82) is 0 Å². The van der Waals surface area contributed by atoms with Crippen molar-refractivity contribution in [1.82, 2.24) is 9.80 Å². The zero-order valence-electron chi connectivity index (χ0n) is 16.2. The summed E-state index contributed by atoms with van der Waals surface area (Å²) in [4.78, 5) is 29.3. The molecule has 0 radical (unpaired) electrons. The van der Waals surface area contributed by atoms with Crippen LogP contribution >= 0.6 is 0 Å². The van der Waals surface area contributed by atoms with Gasteiger partial charge in [0.1, 0.15) is 12.6 Å². The minimum atomic E-state index is -0.485. The molecule has 2 aromatic rings. The maximum Gasteiger partial charge on any atom is 0.411 e. The Labute approximate surface area is 170 Å². The summed E-state index contributed by atoms with van der Waals surface area (Å²) in [6, 6.07) is 19.4. The second kappa shape index (κ2) is 7.07. The van der Waals surface area contributed by atoms with Crippen molar-refractivity contribution < 1.29 is 14.3 Å². The van der Waals surface area contributed by atoms with Gasteiger partial charge in [0.2, 0.25) is 5.91 Å². The molecule has 0 aromatic heterocycles.